The van der Waals surface area contributed by atoms with E-state index in [0.29, 0.717) is 6.10 Å². The number of ether oxygens (including phenoxy) is 1. The van der Waals surface area contributed by atoms with Crippen LogP contribution >= 0.6 is 0 Å². The maximum absolute atomic E-state index is 5.68. The molecule has 1 N–H and O–H groups in total. The summed E-state index contributed by atoms with van der Waals surface area (Å²) in [6.45, 7) is 2.10. The Balaban J connectivity index is 1.73. The normalized spacial score (nSPS) is 36.6. The molecule has 1 saturated heterocycles. The predicted molar refractivity (Wildman–Crippen MR) is 62.1 cm³/mol. The van der Waals surface area contributed by atoms with Gasteiger partial charge in [-0.3, -0.25) is 0 Å². The highest BCUT2D eigenvalue weighted by Gasteiger charge is 2.28. The summed E-state index contributed by atoms with van der Waals surface area (Å²) in [4.78, 5) is 2.51. The Morgan fingerprint density at radius 2 is 2.20 bits per heavy atom. The molecule has 3 heteroatoms. The van der Waals surface area contributed by atoms with E-state index in [2.05, 4.69) is 24.3 Å². The van der Waals surface area contributed by atoms with E-state index in [9.17, 15) is 0 Å². The number of nitrogens with zero attached hydrogens (tertiary/aromatic N) is 1. The van der Waals surface area contributed by atoms with E-state index in [0.717, 1.165) is 25.2 Å². The van der Waals surface area contributed by atoms with Gasteiger partial charge in [-0.25, -0.2) is 0 Å². The molecule has 0 bridgehead atoms. The van der Waals surface area contributed by atoms with E-state index in [1.165, 1.54) is 32.1 Å². The Hall–Kier alpha value is -0.120. The van der Waals surface area contributed by atoms with Gasteiger partial charge < -0.3 is 15.0 Å². The van der Waals surface area contributed by atoms with Crippen LogP contribution in [0.4, 0.5) is 0 Å². The SMILES string of the molecule is CNC1CCC(N(C)CC2CCCO2)C1. The lowest BCUT2D eigenvalue weighted by Crippen LogP contribution is -2.37. The molecular weight excluding hydrogens is 188 g/mol. The summed E-state index contributed by atoms with van der Waals surface area (Å²) < 4.78 is 5.68. The number of hydrogen-bond acceptors (Lipinski definition) is 3. The fourth-order valence-electron chi connectivity index (χ4n) is 2.88. The molecular formula is C12H24N2O. The molecule has 0 spiro atoms. The van der Waals surface area contributed by atoms with Crippen molar-refractivity contribution >= 4 is 0 Å². The summed E-state index contributed by atoms with van der Waals surface area (Å²) in [5.74, 6) is 0. The monoisotopic (exact) mass is 212 g/mol. The van der Waals surface area contributed by atoms with Crippen LogP contribution in [-0.2, 0) is 4.74 Å². The fraction of sp³-hybridized carbons (Fsp3) is 1.00. The second-order valence-corrected chi connectivity index (χ2v) is 5.03. The van der Waals surface area contributed by atoms with Crippen LogP contribution in [0.25, 0.3) is 0 Å². The van der Waals surface area contributed by atoms with Gasteiger partial charge in [-0.1, -0.05) is 0 Å². The smallest absolute Gasteiger partial charge is 0.0702 e. The minimum Gasteiger partial charge on any atom is -0.377 e. The Kier molecular flexibility index (Phi) is 4.00. The van der Waals surface area contributed by atoms with Crippen LogP contribution in [0.15, 0.2) is 0 Å². The lowest BCUT2D eigenvalue weighted by Gasteiger charge is -2.26. The molecule has 3 atom stereocenters. The molecule has 1 heterocycles. The second kappa shape index (κ2) is 5.28. The van der Waals surface area contributed by atoms with Crippen LogP contribution in [-0.4, -0.2) is 50.3 Å². The first-order valence-electron chi connectivity index (χ1n) is 6.28. The third-order valence-corrected chi connectivity index (χ3v) is 3.95. The predicted octanol–water partition coefficient (Wildman–Crippen LogP) is 1.24. The minimum atomic E-state index is 0.503. The third kappa shape index (κ3) is 2.92. The van der Waals surface area contributed by atoms with E-state index in [1.54, 1.807) is 0 Å². The maximum atomic E-state index is 5.68. The van der Waals surface area contributed by atoms with Crippen molar-refractivity contribution in [3.63, 3.8) is 0 Å². The summed E-state index contributed by atoms with van der Waals surface area (Å²) in [6.07, 6.45) is 6.99. The first-order chi connectivity index (χ1) is 7.29. The fourth-order valence-corrected chi connectivity index (χ4v) is 2.88. The van der Waals surface area contributed by atoms with Crippen molar-refractivity contribution in [3.05, 3.63) is 0 Å². The minimum absolute atomic E-state index is 0.503. The summed E-state index contributed by atoms with van der Waals surface area (Å²) in [5, 5.41) is 3.38. The topological polar surface area (TPSA) is 24.5 Å². The van der Waals surface area contributed by atoms with Gasteiger partial charge in [0.2, 0.25) is 0 Å². The molecule has 0 aromatic carbocycles. The van der Waals surface area contributed by atoms with Gasteiger partial charge >= 0.3 is 0 Å². The number of rotatable bonds is 4. The van der Waals surface area contributed by atoms with Gasteiger partial charge in [0.05, 0.1) is 6.10 Å². The molecule has 2 rings (SSSR count). The Bertz CT molecular complexity index is 192. The van der Waals surface area contributed by atoms with Crippen molar-refractivity contribution in [1.29, 1.82) is 0 Å². The zero-order chi connectivity index (χ0) is 10.7. The molecule has 0 radical (unpaired) electrons. The highest BCUT2D eigenvalue weighted by atomic mass is 16.5. The van der Waals surface area contributed by atoms with Crippen molar-refractivity contribution in [2.75, 3.05) is 27.2 Å². The van der Waals surface area contributed by atoms with Crippen molar-refractivity contribution in [1.82, 2.24) is 10.2 Å². The van der Waals surface area contributed by atoms with E-state index >= 15 is 0 Å². The van der Waals surface area contributed by atoms with E-state index in [1.807, 2.05) is 0 Å². The van der Waals surface area contributed by atoms with Gasteiger partial charge in [-0.15, -0.1) is 0 Å². The van der Waals surface area contributed by atoms with Crippen molar-refractivity contribution in [2.24, 2.45) is 0 Å². The van der Waals surface area contributed by atoms with Gasteiger partial charge in [0.1, 0.15) is 0 Å². The van der Waals surface area contributed by atoms with E-state index in [-0.39, 0.29) is 0 Å². The average Bonchev–Trinajstić information content (AvgIpc) is 2.86. The first kappa shape index (κ1) is 11.4. The van der Waals surface area contributed by atoms with Crippen LogP contribution in [0.1, 0.15) is 32.1 Å². The molecule has 1 aliphatic carbocycles. The molecule has 3 nitrogen and oxygen atoms in total. The van der Waals surface area contributed by atoms with Crippen LogP contribution in [0.3, 0.4) is 0 Å². The lowest BCUT2D eigenvalue weighted by molar-refractivity contribution is 0.0685. The Morgan fingerprint density at radius 3 is 2.80 bits per heavy atom. The molecule has 1 saturated carbocycles. The first-order valence-corrected chi connectivity index (χ1v) is 6.28. The molecule has 15 heavy (non-hydrogen) atoms. The quantitative estimate of drug-likeness (QED) is 0.759. The third-order valence-electron chi connectivity index (χ3n) is 3.95. The highest BCUT2D eigenvalue weighted by molar-refractivity contribution is 4.86. The summed E-state index contributed by atoms with van der Waals surface area (Å²) in [6, 6.07) is 1.51. The number of likely N-dealkylation sites (N-methyl/N-ethyl adjacent to an activating group) is 1. The Labute approximate surface area is 93.2 Å². The summed E-state index contributed by atoms with van der Waals surface area (Å²) in [7, 11) is 4.33. The van der Waals surface area contributed by atoms with E-state index in [4.69, 9.17) is 4.74 Å². The van der Waals surface area contributed by atoms with Crippen molar-refractivity contribution < 1.29 is 4.74 Å². The largest absolute Gasteiger partial charge is 0.377 e. The maximum Gasteiger partial charge on any atom is 0.0702 e. The van der Waals surface area contributed by atoms with Crippen LogP contribution in [0.2, 0.25) is 0 Å². The molecule has 88 valence electrons. The van der Waals surface area contributed by atoms with Crippen LogP contribution in [0.5, 0.6) is 0 Å². The highest BCUT2D eigenvalue weighted by Crippen LogP contribution is 2.24. The summed E-state index contributed by atoms with van der Waals surface area (Å²) >= 11 is 0. The van der Waals surface area contributed by atoms with Crippen LogP contribution in [0, 0.1) is 0 Å². The molecule has 2 fully saturated rings. The van der Waals surface area contributed by atoms with Crippen LogP contribution < -0.4 is 5.32 Å². The van der Waals surface area contributed by atoms with Gasteiger partial charge in [-0.05, 0) is 46.2 Å². The zero-order valence-electron chi connectivity index (χ0n) is 10.0. The Morgan fingerprint density at radius 1 is 1.33 bits per heavy atom. The lowest BCUT2D eigenvalue weighted by atomic mass is 10.1. The van der Waals surface area contributed by atoms with E-state index < -0.39 is 0 Å². The van der Waals surface area contributed by atoms with Gasteiger partial charge in [0, 0.05) is 25.2 Å². The van der Waals surface area contributed by atoms with Gasteiger partial charge in [0.15, 0.2) is 0 Å². The van der Waals surface area contributed by atoms with Crippen molar-refractivity contribution in [2.45, 2.75) is 50.3 Å². The van der Waals surface area contributed by atoms with Crippen molar-refractivity contribution in [3.8, 4) is 0 Å². The molecule has 2 aliphatic rings. The second-order valence-electron chi connectivity index (χ2n) is 5.03. The molecule has 0 amide bonds. The number of hydrogen-bond donors (Lipinski definition) is 1. The molecule has 0 aromatic heterocycles. The van der Waals surface area contributed by atoms with Gasteiger partial charge in [-0.2, -0.15) is 0 Å². The molecule has 0 aromatic rings. The number of nitrogens with one attached hydrogen (secondary N) is 1. The molecule has 1 aliphatic heterocycles. The summed E-state index contributed by atoms with van der Waals surface area (Å²) in [5.41, 5.74) is 0. The molecule has 3 unspecified atom stereocenters. The van der Waals surface area contributed by atoms with Gasteiger partial charge in [0.25, 0.3) is 0 Å². The zero-order valence-corrected chi connectivity index (χ0v) is 10.0. The average molecular weight is 212 g/mol. The standard InChI is InChI=1S/C12H24N2O/c1-13-10-5-6-11(8-10)14(2)9-12-4-3-7-15-12/h10-13H,3-9H2,1-2H3.